The summed E-state index contributed by atoms with van der Waals surface area (Å²) >= 11 is 0. The lowest BCUT2D eigenvalue weighted by Crippen LogP contribution is -2.18. The molecule has 0 bridgehead atoms. The second-order valence-corrected chi connectivity index (χ2v) is 4.95. The fourth-order valence-electron chi connectivity index (χ4n) is 1.78. The zero-order valence-corrected chi connectivity index (χ0v) is 11.3. The van der Waals surface area contributed by atoms with Gasteiger partial charge in [-0.15, -0.1) is 0 Å². The zero-order valence-electron chi connectivity index (χ0n) is 11.3. The van der Waals surface area contributed by atoms with Crippen LogP contribution in [0.1, 0.15) is 37.8 Å². The molecular formula is C15H22O3. The van der Waals surface area contributed by atoms with E-state index in [1.54, 1.807) is 0 Å². The summed E-state index contributed by atoms with van der Waals surface area (Å²) < 4.78 is 4.93. The molecule has 1 atom stereocenters. The summed E-state index contributed by atoms with van der Waals surface area (Å²) in [5.41, 5.74) is 2.46. The molecule has 1 aromatic rings. The molecule has 18 heavy (non-hydrogen) atoms. The van der Waals surface area contributed by atoms with Crippen LogP contribution < -0.4 is 0 Å². The molecule has 0 radical (unpaired) electrons. The molecule has 1 rings (SSSR count). The second-order valence-electron chi connectivity index (χ2n) is 4.95. The van der Waals surface area contributed by atoms with E-state index >= 15 is 0 Å². The number of aliphatic hydroxyl groups is 1. The SMILES string of the molecule is CC(=O)OC[C@@H](CO)Cc1ccc(C(C)C)cc1. The van der Waals surface area contributed by atoms with Crippen LogP contribution in [0.4, 0.5) is 0 Å². The summed E-state index contributed by atoms with van der Waals surface area (Å²) in [6.07, 6.45) is 0.724. The summed E-state index contributed by atoms with van der Waals surface area (Å²) in [6, 6.07) is 8.37. The first-order valence-corrected chi connectivity index (χ1v) is 6.36. The fraction of sp³-hybridized carbons (Fsp3) is 0.533. The Morgan fingerprint density at radius 2 is 1.89 bits per heavy atom. The van der Waals surface area contributed by atoms with Gasteiger partial charge in [-0.05, 0) is 23.5 Å². The van der Waals surface area contributed by atoms with Gasteiger partial charge in [-0.3, -0.25) is 4.79 Å². The first-order chi connectivity index (χ1) is 8.52. The van der Waals surface area contributed by atoms with Crippen LogP contribution in [-0.2, 0) is 16.0 Å². The number of esters is 1. The van der Waals surface area contributed by atoms with E-state index in [4.69, 9.17) is 4.74 Å². The van der Waals surface area contributed by atoms with E-state index < -0.39 is 0 Å². The van der Waals surface area contributed by atoms with Crippen molar-refractivity contribution in [2.75, 3.05) is 13.2 Å². The van der Waals surface area contributed by atoms with Crippen molar-refractivity contribution in [1.82, 2.24) is 0 Å². The molecule has 0 aliphatic heterocycles. The Bertz CT molecular complexity index is 368. The lowest BCUT2D eigenvalue weighted by atomic mass is 9.97. The minimum atomic E-state index is -0.302. The Labute approximate surface area is 109 Å². The van der Waals surface area contributed by atoms with Gasteiger partial charge in [-0.25, -0.2) is 0 Å². The van der Waals surface area contributed by atoms with Gasteiger partial charge in [0, 0.05) is 19.4 Å². The summed E-state index contributed by atoms with van der Waals surface area (Å²) in [5, 5.41) is 9.25. The first-order valence-electron chi connectivity index (χ1n) is 6.36. The lowest BCUT2D eigenvalue weighted by Gasteiger charge is -2.14. The maximum absolute atomic E-state index is 10.7. The number of hydrogen-bond donors (Lipinski definition) is 1. The van der Waals surface area contributed by atoms with Crippen LogP contribution in [0.3, 0.4) is 0 Å². The van der Waals surface area contributed by atoms with Gasteiger partial charge in [0.1, 0.15) is 0 Å². The van der Waals surface area contributed by atoms with Gasteiger partial charge in [0.15, 0.2) is 0 Å². The summed E-state index contributed by atoms with van der Waals surface area (Å²) in [5.74, 6) is 0.191. The standard InChI is InChI=1S/C15H22O3/c1-11(2)15-6-4-13(5-7-15)8-14(9-16)10-18-12(3)17/h4-7,11,14,16H,8-10H2,1-3H3/t14-/m1/s1. The Morgan fingerprint density at radius 3 is 2.33 bits per heavy atom. The van der Waals surface area contributed by atoms with E-state index in [1.807, 2.05) is 0 Å². The van der Waals surface area contributed by atoms with E-state index in [0.717, 1.165) is 12.0 Å². The summed E-state index contributed by atoms with van der Waals surface area (Å²) in [4.78, 5) is 10.7. The maximum atomic E-state index is 10.7. The van der Waals surface area contributed by atoms with Gasteiger partial charge in [-0.2, -0.15) is 0 Å². The van der Waals surface area contributed by atoms with E-state index in [0.29, 0.717) is 5.92 Å². The van der Waals surface area contributed by atoms with Gasteiger partial charge >= 0.3 is 5.97 Å². The minimum Gasteiger partial charge on any atom is -0.465 e. The number of carbonyl (C=O) groups is 1. The average Bonchev–Trinajstić information content (AvgIpc) is 2.34. The van der Waals surface area contributed by atoms with Gasteiger partial charge in [0.2, 0.25) is 0 Å². The van der Waals surface area contributed by atoms with Crippen LogP contribution in [0.15, 0.2) is 24.3 Å². The number of carbonyl (C=O) groups excluding carboxylic acids is 1. The molecule has 0 aromatic heterocycles. The number of ether oxygens (including phenoxy) is 1. The Morgan fingerprint density at radius 1 is 1.28 bits per heavy atom. The van der Waals surface area contributed by atoms with Crippen LogP contribution in [0.2, 0.25) is 0 Å². The van der Waals surface area contributed by atoms with Crippen LogP contribution in [0.5, 0.6) is 0 Å². The number of aliphatic hydroxyl groups excluding tert-OH is 1. The maximum Gasteiger partial charge on any atom is 0.302 e. The van der Waals surface area contributed by atoms with E-state index in [1.165, 1.54) is 12.5 Å². The molecule has 0 amide bonds. The largest absolute Gasteiger partial charge is 0.465 e. The van der Waals surface area contributed by atoms with Gasteiger partial charge in [0.05, 0.1) is 6.61 Å². The number of benzene rings is 1. The zero-order chi connectivity index (χ0) is 13.5. The summed E-state index contributed by atoms with van der Waals surface area (Å²) in [6.45, 7) is 6.00. The van der Waals surface area contributed by atoms with Crippen molar-refractivity contribution in [2.45, 2.75) is 33.1 Å². The van der Waals surface area contributed by atoms with Crippen molar-refractivity contribution in [3.63, 3.8) is 0 Å². The third-order valence-electron chi connectivity index (χ3n) is 2.95. The first kappa shape index (κ1) is 14.7. The van der Waals surface area contributed by atoms with Gasteiger partial charge in [-0.1, -0.05) is 38.1 Å². The molecule has 0 unspecified atom stereocenters. The highest BCUT2D eigenvalue weighted by atomic mass is 16.5. The molecule has 1 N–H and O–H groups in total. The summed E-state index contributed by atoms with van der Waals surface area (Å²) in [7, 11) is 0. The van der Waals surface area contributed by atoms with Crippen LogP contribution in [0, 0.1) is 5.92 Å². The van der Waals surface area contributed by atoms with E-state index in [2.05, 4.69) is 38.1 Å². The Balaban J connectivity index is 2.56. The Hall–Kier alpha value is -1.35. The normalized spacial score (nSPS) is 12.5. The topological polar surface area (TPSA) is 46.5 Å². The smallest absolute Gasteiger partial charge is 0.302 e. The molecular weight excluding hydrogens is 228 g/mol. The average molecular weight is 250 g/mol. The third kappa shape index (κ3) is 4.88. The van der Waals surface area contributed by atoms with Crippen LogP contribution in [0.25, 0.3) is 0 Å². The number of hydrogen-bond acceptors (Lipinski definition) is 3. The molecule has 0 spiro atoms. The molecule has 0 aliphatic rings. The molecule has 3 heteroatoms. The monoisotopic (exact) mass is 250 g/mol. The molecule has 0 saturated carbocycles. The van der Waals surface area contributed by atoms with Crippen molar-refractivity contribution in [2.24, 2.45) is 5.92 Å². The molecule has 0 aliphatic carbocycles. The second kappa shape index (κ2) is 7.17. The highest BCUT2D eigenvalue weighted by Gasteiger charge is 2.10. The van der Waals surface area contributed by atoms with Crippen LogP contribution >= 0.6 is 0 Å². The van der Waals surface area contributed by atoms with Crippen molar-refractivity contribution in [1.29, 1.82) is 0 Å². The van der Waals surface area contributed by atoms with Crippen molar-refractivity contribution < 1.29 is 14.6 Å². The van der Waals surface area contributed by atoms with Gasteiger partial charge in [0.25, 0.3) is 0 Å². The Kier molecular flexibility index (Phi) is 5.86. The molecule has 0 saturated heterocycles. The van der Waals surface area contributed by atoms with Gasteiger partial charge < -0.3 is 9.84 Å². The van der Waals surface area contributed by atoms with Crippen LogP contribution in [-0.4, -0.2) is 24.3 Å². The molecule has 3 nitrogen and oxygen atoms in total. The van der Waals surface area contributed by atoms with Crippen molar-refractivity contribution in [3.8, 4) is 0 Å². The fourth-order valence-corrected chi connectivity index (χ4v) is 1.78. The predicted octanol–water partition coefficient (Wildman–Crippen LogP) is 2.52. The highest BCUT2D eigenvalue weighted by molar-refractivity contribution is 5.65. The highest BCUT2D eigenvalue weighted by Crippen LogP contribution is 2.16. The lowest BCUT2D eigenvalue weighted by molar-refractivity contribution is -0.142. The predicted molar refractivity (Wildman–Crippen MR) is 71.4 cm³/mol. The van der Waals surface area contributed by atoms with Crippen molar-refractivity contribution in [3.05, 3.63) is 35.4 Å². The van der Waals surface area contributed by atoms with Crippen molar-refractivity contribution >= 4 is 5.97 Å². The minimum absolute atomic E-state index is 0.0270. The van der Waals surface area contributed by atoms with E-state index in [9.17, 15) is 9.90 Å². The third-order valence-corrected chi connectivity index (χ3v) is 2.95. The molecule has 100 valence electrons. The van der Waals surface area contributed by atoms with E-state index in [-0.39, 0.29) is 25.1 Å². The molecule has 1 aromatic carbocycles. The quantitative estimate of drug-likeness (QED) is 0.789. The molecule has 0 heterocycles. The molecule has 0 fully saturated rings. The number of rotatable bonds is 6.